The van der Waals surface area contributed by atoms with E-state index in [4.69, 9.17) is 9.47 Å². The lowest BCUT2D eigenvalue weighted by atomic mass is 9.61. The van der Waals surface area contributed by atoms with Crippen LogP contribution in [0.15, 0.2) is 48.7 Å². The first-order valence-corrected chi connectivity index (χ1v) is 12.5. The van der Waals surface area contributed by atoms with Crippen molar-refractivity contribution in [1.29, 1.82) is 0 Å². The lowest BCUT2D eigenvalue weighted by Gasteiger charge is -2.50. The van der Waals surface area contributed by atoms with Crippen molar-refractivity contribution >= 4 is 18.1 Å². The minimum atomic E-state index is -0.294. The minimum absolute atomic E-state index is 0.0418. The van der Waals surface area contributed by atoms with Crippen LogP contribution in [0, 0.1) is 29.5 Å². The Labute approximate surface area is 205 Å². The molecule has 0 bridgehead atoms. The molecule has 184 valence electrons. The van der Waals surface area contributed by atoms with Gasteiger partial charge in [-0.05, 0) is 74.8 Å². The van der Waals surface area contributed by atoms with Gasteiger partial charge in [0.1, 0.15) is 11.9 Å². The fourth-order valence-corrected chi connectivity index (χ4v) is 6.31. The molecule has 1 saturated carbocycles. The van der Waals surface area contributed by atoms with Crippen LogP contribution in [-0.4, -0.2) is 47.2 Å². The third-order valence-electron chi connectivity index (χ3n) is 7.81. The zero-order chi connectivity index (χ0) is 24.5. The fourth-order valence-electron chi connectivity index (χ4n) is 6.31. The number of hydrogen-bond acceptors (Lipinski definition) is 5. The van der Waals surface area contributed by atoms with E-state index in [-0.39, 0.29) is 53.7 Å². The molecule has 6 nitrogen and oxygen atoms in total. The number of fused-ring (bicyclic) bond motifs is 2. The Morgan fingerprint density at radius 2 is 2.14 bits per heavy atom. The number of esters is 1. The van der Waals surface area contributed by atoms with Gasteiger partial charge in [-0.2, -0.15) is 0 Å². The average Bonchev–Trinajstić information content (AvgIpc) is 3.15. The van der Waals surface area contributed by atoms with Crippen LogP contribution in [0.4, 0.5) is 9.18 Å². The van der Waals surface area contributed by atoms with E-state index in [9.17, 15) is 14.0 Å². The average molecular weight is 479 g/mol. The van der Waals surface area contributed by atoms with Crippen LogP contribution in [-0.2, 0) is 14.3 Å². The normalized spacial score (nSPS) is 30.0. The molecule has 1 amide bonds. The first kappa shape index (κ1) is 23.5. The van der Waals surface area contributed by atoms with E-state index in [1.54, 1.807) is 12.3 Å². The number of carbonyl (C=O) groups is 2. The number of amides is 1. The summed E-state index contributed by atoms with van der Waals surface area (Å²) in [6, 6.07) is 10.3. The van der Waals surface area contributed by atoms with Crippen molar-refractivity contribution in [2.24, 2.45) is 23.7 Å². The molecule has 6 atom stereocenters. The molecule has 3 aliphatic rings. The second kappa shape index (κ2) is 9.80. The Balaban J connectivity index is 1.41. The Hall–Kier alpha value is -3.22. The Kier molecular flexibility index (Phi) is 6.58. The molecular formula is C28H31FN2O4. The largest absolute Gasteiger partial charge is 0.462 e. The fraction of sp³-hybridized carbons (Fsp3) is 0.464. The summed E-state index contributed by atoms with van der Waals surface area (Å²) in [6.45, 7) is 4.77. The lowest BCUT2D eigenvalue weighted by molar-refractivity contribution is -0.144. The van der Waals surface area contributed by atoms with E-state index in [0.29, 0.717) is 19.6 Å². The molecule has 1 aromatic carbocycles. The molecule has 35 heavy (non-hydrogen) atoms. The minimum Gasteiger partial charge on any atom is -0.462 e. The van der Waals surface area contributed by atoms with Crippen molar-refractivity contribution in [1.82, 2.24) is 9.88 Å². The number of pyridine rings is 1. The summed E-state index contributed by atoms with van der Waals surface area (Å²) < 4.78 is 24.6. The lowest BCUT2D eigenvalue weighted by Crippen LogP contribution is -2.56. The number of halogens is 1. The summed E-state index contributed by atoms with van der Waals surface area (Å²) in [5.41, 5.74) is 2.42. The van der Waals surface area contributed by atoms with Gasteiger partial charge in [-0.25, -0.2) is 9.18 Å². The number of benzene rings is 1. The number of hydrogen-bond donors (Lipinski definition) is 0. The van der Waals surface area contributed by atoms with E-state index in [1.165, 1.54) is 12.1 Å². The highest BCUT2D eigenvalue weighted by molar-refractivity contribution is 5.76. The predicted molar refractivity (Wildman–Crippen MR) is 130 cm³/mol. The highest BCUT2D eigenvalue weighted by Gasteiger charge is 2.56. The summed E-state index contributed by atoms with van der Waals surface area (Å²) in [6.07, 6.45) is 7.97. The molecule has 5 unspecified atom stereocenters. The molecule has 2 aliphatic heterocycles. The van der Waals surface area contributed by atoms with Crippen LogP contribution in [0.5, 0.6) is 0 Å². The van der Waals surface area contributed by atoms with Crippen molar-refractivity contribution in [3.63, 3.8) is 0 Å². The van der Waals surface area contributed by atoms with Gasteiger partial charge < -0.3 is 14.4 Å². The maximum absolute atomic E-state index is 13.6. The van der Waals surface area contributed by atoms with Crippen molar-refractivity contribution in [2.45, 2.75) is 45.3 Å². The summed E-state index contributed by atoms with van der Waals surface area (Å²) >= 11 is 0. The second-order valence-electron chi connectivity index (χ2n) is 9.75. The van der Waals surface area contributed by atoms with Crippen LogP contribution in [0.2, 0.25) is 0 Å². The molecule has 2 saturated heterocycles. The van der Waals surface area contributed by atoms with E-state index in [0.717, 1.165) is 29.7 Å². The number of nitrogens with zero attached hydrogens (tertiary/aromatic N) is 2. The molecule has 0 N–H and O–H groups in total. The molecule has 0 spiro atoms. The van der Waals surface area contributed by atoms with Gasteiger partial charge in [0.15, 0.2) is 0 Å². The van der Waals surface area contributed by atoms with Gasteiger partial charge in [0, 0.05) is 30.3 Å². The van der Waals surface area contributed by atoms with Crippen LogP contribution >= 0.6 is 0 Å². The zero-order valence-corrected chi connectivity index (χ0v) is 20.1. The first-order valence-electron chi connectivity index (χ1n) is 12.5. The number of cyclic esters (lactones) is 1. The molecule has 5 rings (SSSR count). The number of piperidine rings is 1. The predicted octanol–water partition coefficient (Wildman–Crippen LogP) is 5.34. The summed E-state index contributed by atoms with van der Waals surface area (Å²) in [5.74, 6) is -0.268. The van der Waals surface area contributed by atoms with Gasteiger partial charge >= 0.3 is 12.1 Å². The van der Waals surface area contributed by atoms with Crippen LogP contribution < -0.4 is 0 Å². The first-order chi connectivity index (χ1) is 17.0. The van der Waals surface area contributed by atoms with Crippen molar-refractivity contribution in [3.05, 3.63) is 60.2 Å². The molecule has 7 heteroatoms. The van der Waals surface area contributed by atoms with E-state index < -0.39 is 0 Å². The zero-order valence-electron chi connectivity index (χ0n) is 20.1. The number of rotatable bonds is 4. The molecule has 3 fully saturated rings. The van der Waals surface area contributed by atoms with E-state index in [1.807, 2.05) is 43.0 Å². The van der Waals surface area contributed by atoms with Crippen molar-refractivity contribution in [2.75, 3.05) is 13.2 Å². The monoisotopic (exact) mass is 478 g/mol. The van der Waals surface area contributed by atoms with E-state index >= 15 is 0 Å². The van der Waals surface area contributed by atoms with Crippen LogP contribution in [0.3, 0.4) is 0 Å². The van der Waals surface area contributed by atoms with Gasteiger partial charge in [-0.15, -0.1) is 0 Å². The number of aromatic nitrogens is 1. The third kappa shape index (κ3) is 4.56. The highest BCUT2D eigenvalue weighted by Crippen LogP contribution is 2.51. The summed E-state index contributed by atoms with van der Waals surface area (Å²) in [7, 11) is 0. The SMILES string of the molecule is CCOC(=O)N1CCCC2C(/C=C/c3ccc(-c4cccc(F)c4)cn3)C3C(CC21)C(=O)O[C@@H]3C. The molecule has 3 heterocycles. The molecular weight excluding hydrogens is 447 g/mol. The Morgan fingerprint density at radius 3 is 2.89 bits per heavy atom. The number of likely N-dealkylation sites (tertiary alicyclic amines) is 1. The maximum Gasteiger partial charge on any atom is 0.410 e. The van der Waals surface area contributed by atoms with Gasteiger partial charge in [0.05, 0.1) is 18.2 Å². The van der Waals surface area contributed by atoms with Gasteiger partial charge in [0.2, 0.25) is 0 Å². The smallest absolute Gasteiger partial charge is 0.410 e. The Bertz CT molecular complexity index is 1120. The number of ether oxygens (including phenoxy) is 2. The summed E-state index contributed by atoms with van der Waals surface area (Å²) in [5, 5.41) is 0. The maximum atomic E-state index is 13.6. The van der Waals surface area contributed by atoms with Crippen LogP contribution in [0.1, 0.15) is 38.8 Å². The van der Waals surface area contributed by atoms with Crippen LogP contribution in [0.25, 0.3) is 17.2 Å². The highest BCUT2D eigenvalue weighted by atomic mass is 19.1. The third-order valence-corrected chi connectivity index (χ3v) is 7.81. The van der Waals surface area contributed by atoms with Gasteiger partial charge in [-0.3, -0.25) is 9.78 Å². The number of allylic oxidation sites excluding steroid dienone is 1. The summed E-state index contributed by atoms with van der Waals surface area (Å²) in [4.78, 5) is 31.8. The quantitative estimate of drug-likeness (QED) is 0.555. The second-order valence-corrected chi connectivity index (χ2v) is 9.75. The van der Waals surface area contributed by atoms with Crippen molar-refractivity contribution in [3.8, 4) is 11.1 Å². The number of carbonyl (C=O) groups excluding carboxylic acids is 2. The molecule has 0 radical (unpaired) electrons. The molecule has 2 aromatic rings. The van der Waals surface area contributed by atoms with Gasteiger partial charge in [-0.1, -0.05) is 24.3 Å². The van der Waals surface area contributed by atoms with E-state index in [2.05, 4.69) is 11.1 Å². The van der Waals surface area contributed by atoms with Gasteiger partial charge in [0.25, 0.3) is 0 Å². The Morgan fingerprint density at radius 1 is 1.29 bits per heavy atom. The molecule has 1 aliphatic carbocycles. The molecule has 1 aromatic heterocycles. The standard InChI is InChI=1S/C28H31FN2O4/c1-3-34-28(33)31-13-5-8-22-23(26-17(2)35-27(32)24(26)15-25(22)31)12-11-21-10-9-19(16-30-21)18-6-4-7-20(29)14-18/h4,6-7,9-12,14,16-17,22-26H,3,5,8,13,15H2,1-2H3/b12-11+/t17-,22?,23?,24?,25?,26?/m1/s1. The topological polar surface area (TPSA) is 68.7 Å². The van der Waals surface area contributed by atoms with Crippen molar-refractivity contribution < 1.29 is 23.5 Å².